The Morgan fingerprint density at radius 1 is 1.13 bits per heavy atom. The molecule has 1 aliphatic rings. The van der Waals surface area contributed by atoms with Gasteiger partial charge in [0.2, 0.25) is 15.9 Å². The van der Waals surface area contributed by atoms with Crippen molar-refractivity contribution >= 4 is 15.9 Å². The van der Waals surface area contributed by atoms with E-state index in [1.807, 2.05) is 31.2 Å². The SMILES string of the molecule is CCCCC(=O)N1CCN(S(=O)(=O)Cc2ccccc2C)CC1. The highest BCUT2D eigenvalue weighted by molar-refractivity contribution is 7.88. The highest BCUT2D eigenvalue weighted by Gasteiger charge is 2.28. The van der Waals surface area contributed by atoms with Crippen LogP contribution in [0.3, 0.4) is 0 Å². The van der Waals surface area contributed by atoms with Gasteiger partial charge < -0.3 is 4.90 Å². The molecule has 128 valence electrons. The maximum atomic E-state index is 12.6. The number of benzene rings is 1. The lowest BCUT2D eigenvalue weighted by Gasteiger charge is -2.34. The largest absolute Gasteiger partial charge is 0.340 e. The van der Waals surface area contributed by atoms with Crippen LogP contribution in [0.4, 0.5) is 0 Å². The van der Waals surface area contributed by atoms with E-state index in [1.54, 1.807) is 4.90 Å². The third kappa shape index (κ3) is 4.78. The molecule has 0 bridgehead atoms. The number of hydrogen-bond donors (Lipinski definition) is 0. The fraction of sp³-hybridized carbons (Fsp3) is 0.588. The normalized spacial score (nSPS) is 16.5. The molecular weight excluding hydrogens is 312 g/mol. The summed E-state index contributed by atoms with van der Waals surface area (Å²) in [6, 6.07) is 7.56. The zero-order valence-electron chi connectivity index (χ0n) is 14.0. The van der Waals surface area contributed by atoms with Crippen molar-refractivity contribution in [2.24, 2.45) is 0 Å². The molecule has 1 aromatic rings. The fourth-order valence-corrected chi connectivity index (χ4v) is 4.38. The molecule has 1 aromatic carbocycles. The predicted molar refractivity (Wildman–Crippen MR) is 91.5 cm³/mol. The van der Waals surface area contributed by atoms with Crippen LogP contribution in [0.1, 0.15) is 37.3 Å². The van der Waals surface area contributed by atoms with Gasteiger partial charge in [-0.05, 0) is 24.5 Å². The first-order valence-corrected chi connectivity index (χ1v) is 9.85. The number of aryl methyl sites for hydroxylation is 1. The summed E-state index contributed by atoms with van der Waals surface area (Å²) in [4.78, 5) is 13.8. The molecule has 0 saturated carbocycles. The number of unbranched alkanes of at least 4 members (excludes halogenated alkanes) is 1. The van der Waals surface area contributed by atoms with E-state index in [9.17, 15) is 13.2 Å². The Bertz CT molecular complexity index is 635. The highest BCUT2D eigenvalue weighted by atomic mass is 32.2. The molecule has 1 aliphatic heterocycles. The van der Waals surface area contributed by atoms with E-state index in [4.69, 9.17) is 0 Å². The molecule has 0 aliphatic carbocycles. The smallest absolute Gasteiger partial charge is 0.222 e. The van der Waals surface area contributed by atoms with Crippen LogP contribution >= 0.6 is 0 Å². The van der Waals surface area contributed by atoms with Crippen molar-refractivity contribution in [2.45, 2.75) is 38.9 Å². The van der Waals surface area contributed by atoms with Gasteiger partial charge in [0.05, 0.1) is 5.75 Å². The van der Waals surface area contributed by atoms with Crippen LogP contribution < -0.4 is 0 Å². The van der Waals surface area contributed by atoms with Crippen LogP contribution in [0.25, 0.3) is 0 Å². The molecule has 1 amide bonds. The maximum absolute atomic E-state index is 12.6. The summed E-state index contributed by atoms with van der Waals surface area (Å²) in [7, 11) is -3.33. The van der Waals surface area contributed by atoms with Gasteiger partial charge in [-0.2, -0.15) is 4.31 Å². The van der Waals surface area contributed by atoms with E-state index >= 15 is 0 Å². The number of carbonyl (C=O) groups excluding carboxylic acids is 1. The Morgan fingerprint density at radius 3 is 2.39 bits per heavy atom. The number of amides is 1. The molecular formula is C17H26N2O3S. The summed E-state index contributed by atoms with van der Waals surface area (Å²) in [5.41, 5.74) is 1.83. The van der Waals surface area contributed by atoms with Crippen molar-refractivity contribution in [3.63, 3.8) is 0 Å². The van der Waals surface area contributed by atoms with Crippen molar-refractivity contribution in [1.82, 2.24) is 9.21 Å². The monoisotopic (exact) mass is 338 g/mol. The van der Waals surface area contributed by atoms with Crippen LogP contribution in [0, 0.1) is 6.92 Å². The fourth-order valence-electron chi connectivity index (χ4n) is 2.76. The molecule has 2 rings (SSSR count). The third-order valence-corrected chi connectivity index (χ3v) is 6.16. The second kappa shape index (κ2) is 7.93. The van der Waals surface area contributed by atoms with E-state index in [1.165, 1.54) is 4.31 Å². The summed E-state index contributed by atoms with van der Waals surface area (Å²) in [6.45, 7) is 5.77. The molecule has 0 atom stereocenters. The number of carbonyl (C=O) groups is 1. The van der Waals surface area contributed by atoms with Crippen LogP contribution in [-0.2, 0) is 20.6 Å². The van der Waals surface area contributed by atoms with Crippen LogP contribution in [0.15, 0.2) is 24.3 Å². The average Bonchev–Trinajstić information content (AvgIpc) is 2.55. The Balaban J connectivity index is 1.93. The van der Waals surface area contributed by atoms with E-state index in [2.05, 4.69) is 6.92 Å². The molecule has 1 saturated heterocycles. The second-order valence-electron chi connectivity index (χ2n) is 6.07. The molecule has 0 radical (unpaired) electrons. The van der Waals surface area contributed by atoms with Gasteiger partial charge in [0.15, 0.2) is 0 Å². The standard InChI is InChI=1S/C17H26N2O3S/c1-3-4-9-17(20)18-10-12-19(13-11-18)23(21,22)14-16-8-6-5-7-15(16)2/h5-8H,3-4,9-14H2,1-2H3. The Morgan fingerprint density at radius 2 is 1.78 bits per heavy atom. The molecule has 0 spiro atoms. The molecule has 6 heteroatoms. The van der Waals surface area contributed by atoms with Gasteiger partial charge in [0.25, 0.3) is 0 Å². The van der Waals surface area contributed by atoms with E-state index in [-0.39, 0.29) is 11.7 Å². The van der Waals surface area contributed by atoms with Crippen LogP contribution in [0.5, 0.6) is 0 Å². The summed E-state index contributed by atoms with van der Waals surface area (Å²) in [5.74, 6) is 0.173. The lowest BCUT2D eigenvalue weighted by Crippen LogP contribution is -2.50. The minimum Gasteiger partial charge on any atom is -0.340 e. The molecule has 0 unspecified atom stereocenters. The molecule has 23 heavy (non-hydrogen) atoms. The number of rotatable bonds is 6. The molecule has 0 N–H and O–H groups in total. The van der Waals surface area contributed by atoms with Gasteiger partial charge in [-0.1, -0.05) is 37.6 Å². The van der Waals surface area contributed by atoms with E-state index in [0.717, 1.165) is 24.0 Å². The molecule has 1 fully saturated rings. The molecule has 1 heterocycles. The highest BCUT2D eigenvalue weighted by Crippen LogP contribution is 2.17. The zero-order valence-corrected chi connectivity index (χ0v) is 14.8. The van der Waals surface area contributed by atoms with Crippen molar-refractivity contribution < 1.29 is 13.2 Å². The minimum atomic E-state index is -3.33. The van der Waals surface area contributed by atoms with Gasteiger partial charge in [-0.25, -0.2) is 8.42 Å². The van der Waals surface area contributed by atoms with Crippen molar-refractivity contribution in [1.29, 1.82) is 0 Å². The van der Waals surface area contributed by atoms with Crippen molar-refractivity contribution in [3.05, 3.63) is 35.4 Å². The summed E-state index contributed by atoms with van der Waals surface area (Å²) >= 11 is 0. The third-order valence-electron chi connectivity index (χ3n) is 4.33. The van der Waals surface area contributed by atoms with Gasteiger partial charge in [0.1, 0.15) is 0 Å². The Kier molecular flexibility index (Phi) is 6.18. The van der Waals surface area contributed by atoms with Crippen LogP contribution in [0.2, 0.25) is 0 Å². The number of hydrogen-bond acceptors (Lipinski definition) is 3. The summed E-state index contributed by atoms with van der Waals surface area (Å²) in [6.07, 6.45) is 2.45. The van der Waals surface area contributed by atoms with E-state index < -0.39 is 10.0 Å². The van der Waals surface area contributed by atoms with E-state index in [0.29, 0.717) is 32.6 Å². The quantitative estimate of drug-likeness (QED) is 0.799. The lowest BCUT2D eigenvalue weighted by molar-refractivity contribution is -0.132. The molecule has 0 aromatic heterocycles. The second-order valence-corrected chi connectivity index (χ2v) is 8.03. The van der Waals surface area contributed by atoms with Crippen molar-refractivity contribution in [3.8, 4) is 0 Å². The maximum Gasteiger partial charge on any atom is 0.222 e. The first kappa shape index (κ1) is 17.9. The zero-order chi connectivity index (χ0) is 16.9. The average molecular weight is 338 g/mol. The lowest BCUT2D eigenvalue weighted by atomic mass is 10.1. The summed E-state index contributed by atoms with van der Waals surface area (Å²) in [5, 5.41) is 0. The Hall–Kier alpha value is -1.40. The minimum absolute atomic E-state index is 0.0312. The summed E-state index contributed by atoms with van der Waals surface area (Å²) < 4.78 is 26.7. The topological polar surface area (TPSA) is 57.7 Å². The van der Waals surface area contributed by atoms with Gasteiger partial charge in [-0.15, -0.1) is 0 Å². The Labute approximate surface area is 139 Å². The predicted octanol–water partition coefficient (Wildman–Crippen LogP) is 2.16. The number of nitrogens with zero attached hydrogens (tertiary/aromatic N) is 2. The number of piperazine rings is 1. The van der Waals surface area contributed by atoms with Gasteiger partial charge >= 0.3 is 0 Å². The van der Waals surface area contributed by atoms with Gasteiger partial charge in [-0.3, -0.25) is 4.79 Å². The van der Waals surface area contributed by atoms with Crippen molar-refractivity contribution in [2.75, 3.05) is 26.2 Å². The van der Waals surface area contributed by atoms with Crippen LogP contribution in [-0.4, -0.2) is 49.7 Å². The molecule has 5 nitrogen and oxygen atoms in total. The van der Waals surface area contributed by atoms with Gasteiger partial charge in [0, 0.05) is 32.6 Å². The first-order valence-electron chi connectivity index (χ1n) is 8.24. The first-order chi connectivity index (χ1) is 10.9. The number of sulfonamides is 1.